The molecule has 0 spiro atoms. The highest BCUT2D eigenvalue weighted by Gasteiger charge is 2.12. The van der Waals surface area contributed by atoms with Crippen molar-refractivity contribution in [2.45, 2.75) is 6.92 Å². The molecule has 1 aromatic heterocycles. The minimum absolute atomic E-state index is 0.346. The van der Waals surface area contributed by atoms with Crippen LogP contribution in [0.5, 0.6) is 5.75 Å². The van der Waals surface area contributed by atoms with Gasteiger partial charge in [0.2, 0.25) is 0 Å². The van der Waals surface area contributed by atoms with Crippen LogP contribution < -0.4 is 4.74 Å². The van der Waals surface area contributed by atoms with Crippen LogP contribution in [0.4, 0.5) is 0 Å². The molecule has 0 saturated carbocycles. The van der Waals surface area contributed by atoms with Crippen molar-refractivity contribution in [1.29, 1.82) is 0 Å². The highest BCUT2D eigenvalue weighted by molar-refractivity contribution is 7.21. The van der Waals surface area contributed by atoms with E-state index in [1.807, 2.05) is 36.4 Å². The molecular weight excluding hydrogens is 294 g/mol. The van der Waals surface area contributed by atoms with Crippen LogP contribution in [-0.4, -0.2) is 11.0 Å². The minimum Gasteiger partial charge on any atom is -0.426 e. The Hall–Kier alpha value is -1.91. The van der Waals surface area contributed by atoms with Gasteiger partial charge in [0.25, 0.3) is 0 Å². The number of halogens is 1. The van der Waals surface area contributed by atoms with E-state index >= 15 is 0 Å². The summed E-state index contributed by atoms with van der Waals surface area (Å²) in [5.41, 5.74) is 1.65. The number of fused-ring (bicyclic) bond motifs is 1. The number of nitrogens with zero attached hydrogens (tertiary/aromatic N) is 1. The van der Waals surface area contributed by atoms with Crippen molar-refractivity contribution >= 4 is 39.1 Å². The predicted molar refractivity (Wildman–Crippen MR) is 81.4 cm³/mol. The van der Waals surface area contributed by atoms with Gasteiger partial charge in [0, 0.05) is 11.9 Å². The molecule has 0 saturated heterocycles. The third kappa shape index (κ3) is 2.53. The van der Waals surface area contributed by atoms with Crippen molar-refractivity contribution in [3.05, 3.63) is 47.5 Å². The van der Waals surface area contributed by atoms with E-state index in [2.05, 4.69) is 4.98 Å². The number of ether oxygens (including phenoxy) is 1. The third-order valence-corrected chi connectivity index (χ3v) is 4.03. The quantitative estimate of drug-likeness (QED) is 0.515. The molecule has 0 amide bonds. The van der Waals surface area contributed by atoms with Crippen molar-refractivity contribution in [3.8, 4) is 16.3 Å². The topological polar surface area (TPSA) is 39.2 Å². The van der Waals surface area contributed by atoms with Crippen LogP contribution in [0.15, 0.2) is 42.5 Å². The molecule has 3 aromatic rings. The van der Waals surface area contributed by atoms with E-state index in [9.17, 15) is 4.79 Å². The second-order valence-corrected chi connectivity index (χ2v) is 5.69. The standard InChI is InChI=1S/C15H10ClNO2S/c1-9(18)19-13-5-3-2-4-11(13)15-17-12-8-10(16)6-7-14(12)20-15/h2-8H,1H3. The van der Waals surface area contributed by atoms with Crippen molar-refractivity contribution in [3.63, 3.8) is 0 Å². The second-order valence-electron chi connectivity index (χ2n) is 4.22. The molecule has 5 heteroatoms. The lowest BCUT2D eigenvalue weighted by atomic mass is 10.2. The van der Waals surface area contributed by atoms with Crippen LogP contribution in [0.3, 0.4) is 0 Å². The van der Waals surface area contributed by atoms with E-state index < -0.39 is 0 Å². The normalized spacial score (nSPS) is 10.7. The highest BCUT2D eigenvalue weighted by atomic mass is 35.5. The molecule has 3 rings (SSSR count). The fraction of sp³-hybridized carbons (Fsp3) is 0.0667. The maximum absolute atomic E-state index is 11.2. The van der Waals surface area contributed by atoms with Gasteiger partial charge in [-0.15, -0.1) is 11.3 Å². The Morgan fingerprint density at radius 3 is 2.85 bits per heavy atom. The zero-order chi connectivity index (χ0) is 14.1. The van der Waals surface area contributed by atoms with Gasteiger partial charge in [-0.3, -0.25) is 4.79 Å². The van der Waals surface area contributed by atoms with Crippen LogP contribution >= 0.6 is 22.9 Å². The number of thiazole rings is 1. The smallest absolute Gasteiger partial charge is 0.308 e. The maximum atomic E-state index is 11.2. The van der Waals surface area contributed by atoms with Gasteiger partial charge in [-0.25, -0.2) is 4.98 Å². The lowest BCUT2D eigenvalue weighted by Gasteiger charge is -2.05. The predicted octanol–water partition coefficient (Wildman–Crippen LogP) is 4.54. The van der Waals surface area contributed by atoms with E-state index in [0.29, 0.717) is 10.8 Å². The summed E-state index contributed by atoms with van der Waals surface area (Å²) >= 11 is 7.51. The average molecular weight is 304 g/mol. The molecule has 0 aliphatic carbocycles. The van der Waals surface area contributed by atoms with Gasteiger partial charge in [-0.1, -0.05) is 23.7 Å². The van der Waals surface area contributed by atoms with Gasteiger partial charge in [-0.2, -0.15) is 0 Å². The van der Waals surface area contributed by atoms with Gasteiger partial charge in [0.1, 0.15) is 10.8 Å². The molecule has 3 nitrogen and oxygen atoms in total. The first kappa shape index (κ1) is 13.1. The average Bonchev–Trinajstić information content (AvgIpc) is 2.81. The first-order valence-electron chi connectivity index (χ1n) is 5.97. The molecule has 2 aromatic carbocycles. The first-order chi connectivity index (χ1) is 9.63. The number of para-hydroxylation sites is 1. The Morgan fingerprint density at radius 2 is 2.05 bits per heavy atom. The number of carbonyl (C=O) groups excluding carboxylic acids is 1. The number of hydrogen-bond donors (Lipinski definition) is 0. The summed E-state index contributed by atoms with van der Waals surface area (Å²) in [5, 5.41) is 1.46. The first-order valence-corrected chi connectivity index (χ1v) is 7.17. The Labute approximate surface area is 124 Å². The minimum atomic E-state index is -0.346. The molecule has 100 valence electrons. The van der Waals surface area contributed by atoms with E-state index in [4.69, 9.17) is 16.3 Å². The largest absolute Gasteiger partial charge is 0.426 e. The summed E-state index contributed by atoms with van der Waals surface area (Å²) in [5.74, 6) is 0.173. The lowest BCUT2D eigenvalue weighted by molar-refractivity contribution is -0.131. The zero-order valence-electron chi connectivity index (χ0n) is 10.6. The molecule has 0 unspecified atom stereocenters. The van der Waals surface area contributed by atoms with E-state index in [-0.39, 0.29) is 5.97 Å². The molecule has 0 atom stereocenters. The van der Waals surface area contributed by atoms with Gasteiger partial charge in [0.15, 0.2) is 0 Å². The van der Waals surface area contributed by atoms with Crippen LogP contribution in [0.2, 0.25) is 5.02 Å². The molecule has 0 bridgehead atoms. The SMILES string of the molecule is CC(=O)Oc1ccccc1-c1nc2cc(Cl)ccc2s1. The molecule has 0 aliphatic rings. The van der Waals surface area contributed by atoms with Crippen LogP contribution in [0.25, 0.3) is 20.8 Å². The van der Waals surface area contributed by atoms with Crippen molar-refractivity contribution in [2.75, 3.05) is 0 Å². The van der Waals surface area contributed by atoms with Crippen molar-refractivity contribution in [1.82, 2.24) is 4.98 Å². The number of hydrogen-bond acceptors (Lipinski definition) is 4. The molecule has 1 heterocycles. The Kier molecular flexibility index (Phi) is 3.42. The molecule has 20 heavy (non-hydrogen) atoms. The van der Waals surface area contributed by atoms with Gasteiger partial charge in [-0.05, 0) is 30.3 Å². The number of aromatic nitrogens is 1. The Balaban J connectivity index is 2.13. The van der Waals surface area contributed by atoms with E-state index in [1.54, 1.807) is 6.07 Å². The van der Waals surface area contributed by atoms with Crippen molar-refractivity contribution in [2.24, 2.45) is 0 Å². The van der Waals surface area contributed by atoms with Gasteiger partial charge >= 0.3 is 5.97 Å². The lowest BCUT2D eigenvalue weighted by Crippen LogP contribution is -2.02. The molecule has 0 radical (unpaired) electrons. The molecule has 0 N–H and O–H groups in total. The van der Waals surface area contributed by atoms with Crippen LogP contribution in [-0.2, 0) is 4.79 Å². The van der Waals surface area contributed by atoms with E-state index in [1.165, 1.54) is 18.3 Å². The summed E-state index contributed by atoms with van der Waals surface area (Å²) in [6, 6.07) is 13.0. The summed E-state index contributed by atoms with van der Waals surface area (Å²) in [4.78, 5) is 15.7. The molecule has 0 fully saturated rings. The third-order valence-electron chi connectivity index (χ3n) is 2.72. The fourth-order valence-corrected chi connectivity index (χ4v) is 3.05. The highest BCUT2D eigenvalue weighted by Crippen LogP contribution is 2.36. The molecule has 0 aliphatic heterocycles. The summed E-state index contributed by atoms with van der Waals surface area (Å²) in [6.45, 7) is 1.38. The Bertz CT molecular complexity index is 797. The maximum Gasteiger partial charge on any atom is 0.308 e. The van der Waals surface area contributed by atoms with Gasteiger partial charge in [0.05, 0.1) is 15.8 Å². The summed E-state index contributed by atoms with van der Waals surface area (Å²) in [7, 11) is 0. The number of esters is 1. The monoisotopic (exact) mass is 303 g/mol. The van der Waals surface area contributed by atoms with Gasteiger partial charge < -0.3 is 4.74 Å². The van der Waals surface area contributed by atoms with Crippen molar-refractivity contribution < 1.29 is 9.53 Å². The zero-order valence-corrected chi connectivity index (χ0v) is 12.2. The second kappa shape index (κ2) is 5.23. The number of benzene rings is 2. The van der Waals surface area contributed by atoms with E-state index in [0.717, 1.165) is 20.8 Å². The van der Waals surface area contributed by atoms with Crippen LogP contribution in [0.1, 0.15) is 6.92 Å². The summed E-state index contributed by atoms with van der Waals surface area (Å²) in [6.07, 6.45) is 0. The summed E-state index contributed by atoms with van der Waals surface area (Å²) < 4.78 is 6.26. The number of rotatable bonds is 2. The fourth-order valence-electron chi connectivity index (χ4n) is 1.90. The Morgan fingerprint density at radius 1 is 1.25 bits per heavy atom. The molecular formula is C15H10ClNO2S. The van der Waals surface area contributed by atoms with Crippen LogP contribution in [0, 0.1) is 0 Å². The number of carbonyl (C=O) groups is 1.